The van der Waals surface area contributed by atoms with Gasteiger partial charge in [0.05, 0.1) is 0 Å². The fraction of sp³-hybridized carbons (Fsp3) is 0.0625. The molecule has 20 heavy (non-hydrogen) atoms. The second-order valence-electron chi connectivity index (χ2n) is 4.76. The first-order valence-corrected chi connectivity index (χ1v) is 6.24. The number of nitrogens with one attached hydrogen (secondary N) is 1. The number of aryl methyl sites for hydroxylation is 1. The normalized spacial score (nSPS) is 10.9. The van der Waals surface area contributed by atoms with Gasteiger partial charge in [-0.15, -0.1) is 0 Å². The lowest BCUT2D eigenvalue weighted by atomic mass is 9.99. The van der Waals surface area contributed by atoms with Gasteiger partial charge in [-0.2, -0.15) is 0 Å². The lowest BCUT2D eigenvalue weighted by Gasteiger charge is -2.05. The van der Waals surface area contributed by atoms with Crippen LogP contribution in [0.2, 0.25) is 0 Å². The van der Waals surface area contributed by atoms with Crippen LogP contribution in [0.1, 0.15) is 21.5 Å². The summed E-state index contributed by atoms with van der Waals surface area (Å²) >= 11 is 0. The molecule has 100 valence electrons. The minimum atomic E-state index is -0.473. The Balaban J connectivity index is 2.21. The van der Waals surface area contributed by atoms with Crippen LogP contribution in [0.15, 0.2) is 42.6 Å². The Bertz CT molecular complexity index is 820. The van der Waals surface area contributed by atoms with Gasteiger partial charge in [0.2, 0.25) is 0 Å². The van der Waals surface area contributed by atoms with Gasteiger partial charge in [0, 0.05) is 33.9 Å². The number of H-pyrrole nitrogens is 1. The molecule has 2 aromatic carbocycles. The maximum absolute atomic E-state index is 13.3. The van der Waals surface area contributed by atoms with E-state index >= 15 is 0 Å². The molecule has 0 aliphatic carbocycles. The zero-order valence-corrected chi connectivity index (χ0v) is 10.9. The smallest absolute Gasteiger partial charge is 0.197 e. The van der Waals surface area contributed by atoms with Crippen molar-refractivity contribution in [3.8, 4) is 0 Å². The molecule has 0 unspecified atom stereocenters. The van der Waals surface area contributed by atoms with E-state index in [-0.39, 0.29) is 17.0 Å². The molecule has 1 aromatic heterocycles. The van der Waals surface area contributed by atoms with Crippen LogP contribution in [-0.2, 0) is 0 Å². The van der Waals surface area contributed by atoms with Gasteiger partial charge in [-0.25, -0.2) is 4.39 Å². The van der Waals surface area contributed by atoms with Gasteiger partial charge in [0.1, 0.15) is 5.82 Å². The molecule has 0 radical (unpaired) electrons. The highest BCUT2D eigenvalue weighted by Crippen LogP contribution is 2.26. The Labute approximate surface area is 115 Å². The number of nitrogen functional groups attached to an aromatic ring is 1. The van der Waals surface area contributed by atoms with Crippen LogP contribution in [-0.4, -0.2) is 10.8 Å². The van der Waals surface area contributed by atoms with Crippen LogP contribution < -0.4 is 5.73 Å². The molecular formula is C16H13FN2O. The molecule has 0 bridgehead atoms. The molecule has 0 saturated heterocycles. The Kier molecular flexibility index (Phi) is 2.79. The Morgan fingerprint density at radius 3 is 2.80 bits per heavy atom. The molecule has 1 heterocycles. The summed E-state index contributed by atoms with van der Waals surface area (Å²) in [6.45, 7) is 1.93. The van der Waals surface area contributed by atoms with Crippen molar-refractivity contribution >= 4 is 22.4 Å². The average Bonchev–Trinajstić information content (AvgIpc) is 2.86. The molecule has 0 saturated carbocycles. The average molecular weight is 268 g/mol. The minimum Gasteiger partial charge on any atom is -0.398 e. The maximum atomic E-state index is 13.3. The van der Waals surface area contributed by atoms with Gasteiger partial charge in [-0.1, -0.05) is 12.1 Å². The maximum Gasteiger partial charge on any atom is 0.197 e. The molecule has 3 N–H and O–H groups in total. The van der Waals surface area contributed by atoms with E-state index in [1.807, 2.05) is 25.1 Å². The number of aromatic amines is 1. The van der Waals surface area contributed by atoms with Crippen LogP contribution in [0.5, 0.6) is 0 Å². The third-order valence-corrected chi connectivity index (χ3v) is 3.42. The number of rotatable bonds is 2. The van der Waals surface area contributed by atoms with Crippen molar-refractivity contribution in [3.05, 3.63) is 65.1 Å². The summed E-state index contributed by atoms with van der Waals surface area (Å²) in [5.74, 6) is -0.748. The minimum absolute atomic E-state index is 0.189. The first-order valence-electron chi connectivity index (χ1n) is 6.24. The topological polar surface area (TPSA) is 58.9 Å². The Morgan fingerprint density at radius 2 is 2.00 bits per heavy atom. The number of halogens is 1. The lowest BCUT2D eigenvalue weighted by Crippen LogP contribution is -2.05. The van der Waals surface area contributed by atoms with Crippen molar-refractivity contribution < 1.29 is 9.18 Å². The van der Waals surface area contributed by atoms with Crippen LogP contribution in [0.25, 0.3) is 10.9 Å². The highest BCUT2D eigenvalue weighted by molar-refractivity contribution is 6.18. The van der Waals surface area contributed by atoms with Crippen LogP contribution in [0.4, 0.5) is 10.1 Å². The SMILES string of the molecule is Cc1cccc2[nH]cc(C(=O)c3cc(F)ccc3N)c12. The van der Waals surface area contributed by atoms with Gasteiger partial charge >= 0.3 is 0 Å². The number of hydrogen-bond donors (Lipinski definition) is 2. The summed E-state index contributed by atoms with van der Waals surface area (Å²) in [6, 6.07) is 9.57. The number of anilines is 1. The summed E-state index contributed by atoms with van der Waals surface area (Å²) in [5, 5.41) is 0.848. The number of carbonyl (C=O) groups excluding carboxylic acids is 1. The molecule has 3 aromatic rings. The summed E-state index contributed by atoms with van der Waals surface area (Å²) in [4.78, 5) is 15.6. The van der Waals surface area contributed by atoms with Crippen molar-refractivity contribution in [1.82, 2.24) is 4.98 Å². The third-order valence-electron chi connectivity index (χ3n) is 3.42. The molecule has 0 aliphatic heterocycles. The zero-order chi connectivity index (χ0) is 14.3. The van der Waals surface area contributed by atoms with E-state index in [2.05, 4.69) is 4.98 Å². The molecule has 0 atom stereocenters. The van der Waals surface area contributed by atoms with Crippen LogP contribution >= 0.6 is 0 Å². The molecule has 0 fully saturated rings. The molecular weight excluding hydrogens is 255 g/mol. The zero-order valence-electron chi connectivity index (χ0n) is 10.9. The van der Waals surface area contributed by atoms with Crippen molar-refractivity contribution in [2.24, 2.45) is 0 Å². The lowest BCUT2D eigenvalue weighted by molar-refractivity contribution is 0.104. The van der Waals surface area contributed by atoms with E-state index in [9.17, 15) is 9.18 Å². The number of carbonyl (C=O) groups is 1. The van der Waals surface area contributed by atoms with E-state index in [4.69, 9.17) is 5.73 Å². The first-order chi connectivity index (χ1) is 9.58. The molecule has 4 heteroatoms. The highest BCUT2D eigenvalue weighted by atomic mass is 19.1. The molecule has 0 amide bonds. The number of fused-ring (bicyclic) bond motifs is 1. The predicted molar refractivity (Wildman–Crippen MR) is 77.3 cm³/mol. The quantitative estimate of drug-likeness (QED) is 0.552. The van der Waals surface area contributed by atoms with Gasteiger partial charge in [0.15, 0.2) is 5.78 Å². The molecule has 3 rings (SSSR count). The summed E-state index contributed by atoms with van der Waals surface area (Å²) in [7, 11) is 0. The van der Waals surface area contributed by atoms with E-state index in [1.54, 1.807) is 6.20 Å². The molecule has 3 nitrogen and oxygen atoms in total. The monoisotopic (exact) mass is 268 g/mol. The van der Waals surface area contributed by atoms with E-state index in [0.717, 1.165) is 16.5 Å². The number of benzene rings is 2. The van der Waals surface area contributed by atoms with Gasteiger partial charge in [-0.3, -0.25) is 4.79 Å². The fourth-order valence-electron chi connectivity index (χ4n) is 2.42. The van der Waals surface area contributed by atoms with Gasteiger partial charge < -0.3 is 10.7 Å². The van der Waals surface area contributed by atoms with E-state index in [0.29, 0.717) is 5.56 Å². The van der Waals surface area contributed by atoms with Crippen LogP contribution in [0, 0.1) is 12.7 Å². The summed E-state index contributed by atoms with van der Waals surface area (Å²) < 4.78 is 13.3. The second-order valence-corrected chi connectivity index (χ2v) is 4.76. The highest BCUT2D eigenvalue weighted by Gasteiger charge is 2.18. The summed E-state index contributed by atoms with van der Waals surface area (Å²) in [6.07, 6.45) is 1.64. The standard InChI is InChI=1S/C16H13FN2O/c1-9-3-2-4-14-15(9)12(8-19-14)16(20)11-7-10(17)5-6-13(11)18/h2-8,19H,18H2,1H3. The van der Waals surface area contributed by atoms with Crippen LogP contribution in [0.3, 0.4) is 0 Å². The predicted octanol–water partition coefficient (Wildman–Crippen LogP) is 3.43. The second kappa shape index (κ2) is 4.49. The van der Waals surface area contributed by atoms with E-state index in [1.165, 1.54) is 18.2 Å². The van der Waals surface area contributed by atoms with Crippen molar-refractivity contribution in [2.45, 2.75) is 6.92 Å². The largest absolute Gasteiger partial charge is 0.398 e. The van der Waals surface area contributed by atoms with Gasteiger partial charge in [-0.05, 0) is 36.8 Å². The summed E-state index contributed by atoms with van der Waals surface area (Å²) in [5.41, 5.74) is 8.62. The van der Waals surface area contributed by atoms with Crippen molar-refractivity contribution in [1.29, 1.82) is 0 Å². The third kappa shape index (κ3) is 1.86. The molecule has 0 spiro atoms. The number of ketones is 1. The van der Waals surface area contributed by atoms with Crippen molar-refractivity contribution in [2.75, 3.05) is 5.73 Å². The van der Waals surface area contributed by atoms with Gasteiger partial charge in [0.25, 0.3) is 0 Å². The fourth-order valence-corrected chi connectivity index (χ4v) is 2.42. The van der Waals surface area contributed by atoms with E-state index < -0.39 is 5.82 Å². The first kappa shape index (κ1) is 12.4. The Hall–Kier alpha value is -2.62. The number of nitrogens with two attached hydrogens (primary N) is 1. The van der Waals surface area contributed by atoms with Crippen molar-refractivity contribution in [3.63, 3.8) is 0 Å². The number of aromatic nitrogens is 1. The Morgan fingerprint density at radius 1 is 1.20 bits per heavy atom. The molecule has 0 aliphatic rings. The number of hydrogen-bond acceptors (Lipinski definition) is 2.